The third-order valence-corrected chi connectivity index (χ3v) is 1.87. The van der Waals surface area contributed by atoms with Crippen LogP contribution in [0.1, 0.15) is 47.0 Å². The zero-order valence-corrected chi connectivity index (χ0v) is 9.79. The van der Waals surface area contributed by atoms with Gasteiger partial charge in [0, 0.05) is 6.42 Å². The maximum Gasteiger partial charge on any atom is 0.0798 e. The summed E-state index contributed by atoms with van der Waals surface area (Å²) >= 11 is 0. The van der Waals surface area contributed by atoms with Crippen molar-refractivity contribution in [3.63, 3.8) is 0 Å². The van der Waals surface area contributed by atoms with Gasteiger partial charge in [0.1, 0.15) is 0 Å². The smallest absolute Gasteiger partial charge is 0.0798 e. The first-order valence-corrected chi connectivity index (χ1v) is 5.35. The van der Waals surface area contributed by atoms with Crippen LogP contribution in [0.15, 0.2) is 0 Å². The van der Waals surface area contributed by atoms with E-state index in [-0.39, 0.29) is 5.60 Å². The van der Waals surface area contributed by atoms with Crippen molar-refractivity contribution in [1.82, 2.24) is 0 Å². The van der Waals surface area contributed by atoms with Gasteiger partial charge in [0.15, 0.2) is 0 Å². The summed E-state index contributed by atoms with van der Waals surface area (Å²) in [7, 11) is 0. The first kappa shape index (κ1) is 13.9. The fraction of sp³-hybridized carbons (Fsp3) is 1.00. The van der Waals surface area contributed by atoms with Gasteiger partial charge in [-0.15, -0.1) is 0 Å². The molecule has 0 aromatic heterocycles. The van der Waals surface area contributed by atoms with Crippen LogP contribution in [0.25, 0.3) is 0 Å². The van der Waals surface area contributed by atoms with E-state index >= 15 is 0 Å². The fourth-order valence-electron chi connectivity index (χ4n) is 1.18. The van der Waals surface area contributed by atoms with Crippen LogP contribution in [-0.2, 0) is 4.74 Å². The van der Waals surface area contributed by atoms with Crippen LogP contribution in [0, 0.1) is 0 Å². The molecular weight excluding hydrogens is 180 g/mol. The van der Waals surface area contributed by atoms with Crippen molar-refractivity contribution in [2.24, 2.45) is 0 Å². The average Bonchev–Trinajstić information content (AvgIpc) is 2.00. The molecule has 14 heavy (non-hydrogen) atoms. The minimum atomic E-state index is -0.559. The normalized spacial score (nSPS) is 16.7. The Morgan fingerprint density at radius 3 is 2.14 bits per heavy atom. The van der Waals surface area contributed by atoms with Crippen molar-refractivity contribution in [3.8, 4) is 0 Å². The molecule has 2 N–H and O–H groups in total. The zero-order chi connectivity index (χ0) is 11.2. The van der Waals surface area contributed by atoms with Crippen molar-refractivity contribution in [3.05, 3.63) is 0 Å². The Morgan fingerprint density at radius 2 is 1.71 bits per heavy atom. The lowest BCUT2D eigenvalue weighted by atomic mass is 10.1. The summed E-state index contributed by atoms with van der Waals surface area (Å²) in [5, 5.41) is 19.0. The molecule has 0 amide bonds. The summed E-state index contributed by atoms with van der Waals surface area (Å²) in [5.41, 5.74) is -0.226. The van der Waals surface area contributed by atoms with Gasteiger partial charge < -0.3 is 14.9 Å². The SMILES string of the molecule is CCC[C@@H](O)C[C@H](O)COC(C)(C)C. The third-order valence-electron chi connectivity index (χ3n) is 1.87. The predicted molar refractivity (Wildman–Crippen MR) is 57.2 cm³/mol. The van der Waals surface area contributed by atoms with Crippen molar-refractivity contribution in [2.75, 3.05) is 6.61 Å². The van der Waals surface area contributed by atoms with Gasteiger partial charge in [-0.1, -0.05) is 13.3 Å². The molecule has 0 rings (SSSR count). The monoisotopic (exact) mass is 204 g/mol. The fourth-order valence-corrected chi connectivity index (χ4v) is 1.18. The van der Waals surface area contributed by atoms with Crippen LogP contribution >= 0.6 is 0 Å². The molecule has 0 unspecified atom stereocenters. The van der Waals surface area contributed by atoms with Gasteiger partial charge in [-0.2, -0.15) is 0 Å². The van der Waals surface area contributed by atoms with Crippen LogP contribution in [0.5, 0.6) is 0 Å². The molecule has 0 saturated carbocycles. The summed E-state index contributed by atoms with van der Waals surface area (Å²) in [6, 6.07) is 0. The first-order valence-electron chi connectivity index (χ1n) is 5.35. The molecule has 0 fully saturated rings. The Bertz CT molecular complexity index is 140. The summed E-state index contributed by atoms with van der Waals surface area (Å²) in [6.07, 6.45) is 1.12. The third kappa shape index (κ3) is 8.48. The molecule has 86 valence electrons. The number of aliphatic hydroxyl groups excluding tert-OH is 2. The van der Waals surface area contributed by atoms with Gasteiger partial charge in [-0.3, -0.25) is 0 Å². The highest BCUT2D eigenvalue weighted by molar-refractivity contribution is 4.65. The molecule has 0 bridgehead atoms. The second-order valence-electron chi connectivity index (χ2n) is 4.76. The Balaban J connectivity index is 3.59. The van der Waals surface area contributed by atoms with E-state index in [0.717, 1.165) is 12.8 Å². The van der Waals surface area contributed by atoms with E-state index < -0.39 is 12.2 Å². The van der Waals surface area contributed by atoms with E-state index in [0.29, 0.717) is 13.0 Å². The predicted octanol–water partition coefficient (Wildman–Crippen LogP) is 1.71. The molecule has 0 saturated heterocycles. The second-order valence-corrected chi connectivity index (χ2v) is 4.76. The average molecular weight is 204 g/mol. The molecule has 0 heterocycles. The minimum Gasteiger partial charge on any atom is -0.393 e. The highest BCUT2D eigenvalue weighted by Crippen LogP contribution is 2.10. The molecule has 0 radical (unpaired) electrons. The Hall–Kier alpha value is -0.120. The Kier molecular flexibility index (Phi) is 6.33. The van der Waals surface area contributed by atoms with Crippen molar-refractivity contribution in [2.45, 2.75) is 64.8 Å². The topological polar surface area (TPSA) is 49.7 Å². The number of ether oxygens (including phenoxy) is 1. The Labute approximate surface area is 87.1 Å². The summed E-state index contributed by atoms with van der Waals surface area (Å²) in [5.74, 6) is 0. The summed E-state index contributed by atoms with van der Waals surface area (Å²) < 4.78 is 5.41. The molecule has 0 aliphatic heterocycles. The molecule has 3 heteroatoms. The molecule has 0 spiro atoms. The van der Waals surface area contributed by atoms with Gasteiger partial charge in [0.25, 0.3) is 0 Å². The molecule has 0 aliphatic carbocycles. The summed E-state index contributed by atoms with van der Waals surface area (Å²) in [4.78, 5) is 0. The quantitative estimate of drug-likeness (QED) is 0.692. The number of hydrogen-bond donors (Lipinski definition) is 2. The van der Waals surface area contributed by atoms with Gasteiger partial charge in [-0.05, 0) is 27.2 Å². The van der Waals surface area contributed by atoms with E-state index in [1.807, 2.05) is 27.7 Å². The molecule has 0 aromatic rings. The van der Waals surface area contributed by atoms with E-state index in [1.54, 1.807) is 0 Å². The first-order chi connectivity index (χ1) is 6.35. The van der Waals surface area contributed by atoms with E-state index in [2.05, 4.69) is 0 Å². The van der Waals surface area contributed by atoms with Crippen LogP contribution in [0.4, 0.5) is 0 Å². The zero-order valence-electron chi connectivity index (χ0n) is 9.79. The second kappa shape index (κ2) is 6.38. The number of aliphatic hydroxyl groups is 2. The largest absolute Gasteiger partial charge is 0.393 e. The highest BCUT2D eigenvalue weighted by atomic mass is 16.5. The van der Waals surface area contributed by atoms with Crippen molar-refractivity contribution >= 4 is 0 Å². The molecule has 3 nitrogen and oxygen atoms in total. The maximum atomic E-state index is 9.52. The maximum absolute atomic E-state index is 9.52. The van der Waals surface area contributed by atoms with Crippen LogP contribution in [0.3, 0.4) is 0 Å². The van der Waals surface area contributed by atoms with Gasteiger partial charge in [0.2, 0.25) is 0 Å². The van der Waals surface area contributed by atoms with Gasteiger partial charge >= 0.3 is 0 Å². The van der Waals surface area contributed by atoms with Crippen LogP contribution in [0.2, 0.25) is 0 Å². The lowest BCUT2D eigenvalue weighted by molar-refractivity contribution is -0.0601. The minimum absolute atomic E-state index is 0.226. The lowest BCUT2D eigenvalue weighted by Crippen LogP contribution is -2.28. The van der Waals surface area contributed by atoms with Gasteiger partial charge in [0.05, 0.1) is 24.4 Å². The van der Waals surface area contributed by atoms with Crippen molar-refractivity contribution in [1.29, 1.82) is 0 Å². The number of rotatable bonds is 6. The van der Waals surface area contributed by atoms with Crippen molar-refractivity contribution < 1.29 is 14.9 Å². The van der Waals surface area contributed by atoms with Crippen LogP contribution in [-0.4, -0.2) is 34.6 Å². The standard InChI is InChI=1S/C11H24O3/c1-5-6-9(12)7-10(13)8-14-11(2,3)4/h9-10,12-13H,5-8H2,1-4H3/t9-,10+/m1/s1. The molecule has 2 atom stereocenters. The van der Waals surface area contributed by atoms with E-state index in [9.17, 15) is 10.2 Å². The highest BCUT2D eigenvalue weighted by Gasteiger charge is 2.16. The lowest BCUT2D eigenvalue weighted by Gasteiger charge is -2.23. The molecule has 0 aliphatic rings. The Morgan fingerprint density at radius 1 is 1.14 bits per heavy atom. The molecular formula is C11H24O3. The van der Waals surface area contributed by atoms with Crippen LogP contribution < -0.4 is 0 Å². The molecule has 0 aromatic carbocycles. The van der Waals surface area contributed by atoms with E-state index in [1.165, 1.54) is 0 Å². The summed E-state index contributed by atoms with van der Waals surface area (Å²) in [6.45, 7) is 8.15. The van der Waals surface area contributed by atoms with Gasteiger partial charge in [-0.25, -0.2) is 0 Å². The van der Waals surface area contributed by atoms with E-state index in [4.69, 9.17) is 4.74 Å². The number of hydrogen-bond acceptors (Lipinski definition) is 3.